The van der Waals surface area contributed by atoms with Crippen molar-refractivity contribution in [1.82, 2.24) is 10.3 Å². The van der Waals surface area contributed by atoms with Gasteiger partial charge in [0.15, 0.2) is 5.01 Å². The first-order chi connectivity index (χ1) is 11.8. The number of halogens is 3. The summed E-state index contributed by atoms with van der Waals surface area (Å²) in [6.07, 6.45) is -5.61. The van der Waals surface area contributed by atoms with Crippen LogP contribution in [0.4, 0.5) is 18.0 Å². The van der Waals surface area contributed by atoms with Crippen molar-refractivity contribution in [1.29, 1.82) is 0 Å². The number of carbonyl (C=O) groups is 1. The zero-order valence-electron chi connectivity index (χ0n) is 12.7. The number of amides is 1. The van der Waals surface area contributed by atoms with Crippen LogP contribution in [0.15, 0.2) is 29.6 Å². The van der Waals surface area contributed by atoms with Gasteiger partial charge in [0.25, 0.3) is 0 Å². The van der Waals surface area contributed by atoms with Crippen molar-refractivity contribution in [3.8, 4) is 11.8 Å². The van der Waals surface area contributed by atoms with E-state index >= 15 is 0 Å². The van der Waals surface area contributed by atoms with Gasteiger partial charge >= 0.3 is 12.3 Å². The van der Waals surface area contributed by atoms with Crippen molar-refractivity contribution < 1.29 is 28.2 Å². The Morgan fingerprint density at radius 3 is 2.52 bits per heavy atom. The second-order valence-electron chi connectivity index (χ2n) is 4.97. The molecule has 2 aromatic rings. The largest absolute Gasteiger partial charge is 0.465 e. The summed E-state index contributed by atoms with van der Waals surface area (Å²) in [5.41, 5.74) is 0.195. The van der Waals surface area contributed by atoms with Gasteiger partial charge in [-0.05, 0) is 23.6 Å². The monoisotopic (exact) mass is 370 g/mol. The van der Waals surface area contributed by atoms with Gasteiger partial charge in [-0.15, -0.1) is 11.3 Å². The van der Waals surface area contributed by atoms with E-state index in [1.807, 2.05) is 0 Å². The van der Waals surface area contributed by atoms with Gasteiger partial charge in [-0.25, -0.2) is 9.78 Å². The van der Waals surface area contributed by atoms with Crippen LogP contribution in [0, 0.1) is 11.8 Å². The Morgan fingerprint density at radius 2 is 2.00 bits per heavy atom. The maximum Gasteiger partial charge on any atom is 0.416 e. The molecular weight excluding hydrogens is 357 g/mol. The van der Waals surface area contributed by atoms with E-state index in [1.54, 1.807) is 5.38 Å². The molecule has 1 amide bonds. The molecule has 0 radical (unpaired) electrons. The summed E-state index contributed by atoms with van der Waals surface area (Å²) in [7, 11) is 0. The lowest BCUT2D eigenvalue weighted by molar-refractivity contribution is -0.137. The number of thiazole rings is 1. The van der Waals surface area contributed by atoms with Gasteiger partial charge in [-0.1, -0.05) is 18.1 Å². The molecule has 5 nitrogen and oxygen atoms in total. The molecule has 0 aliphatic rings. The van der Waals surface area contributed by atoms with Crippen molar-refractivity contribution in [2.45, 2.75) is 25.2 Å². The van der Waals surface area contributed by atoms with Crippen LogP contribution in [0.3, 0.4) is 0 Å². The average Bonchev–Trinajstić information content (AvgIpc) is 3.00. The van der Waals surface area contributed by atoms with Crippen LogP contribution in [0.2, 0.25) is 0 Å². The SMILES string of the molecule is O=C(O)NC(C#Cc1nc(CO)cs1)Cc1ccc(C(F)(F)F)cc1. The summed E-state index contributed by atoms with van der Waals surface area (Å²) in [5, 5.41) is 22.1. The number of benzene rings is 1. The number of aliphatic hydroxyl groups is 1. The van der Waals surface area contributed by atoms with Crippen molar-refractivity contribution in [2.24, 2.45) is 0 Å². The number of hydrogen-bond acceptors (Lipinski definition) is 4. The van der Waals surface area contributed by atoms with Crippen molar-refractivity contribution in [3.05, 3.63) is 51.5 Å². The molecule has 1 aromatic carbocycles. The van der Waals surface area contributed by atoms with Crippen molar-refractivity contribution in [2.75, 3.05) is 0 Å². The smallest absolute Gasteiger partial charge is 0.416 e. The Morgan fingerprint density at radius 1 is 1.32 bits per heavy atom. The Hall–Kier alpha value is -2.57. The molecule has 1 atom stereocenters. The summed E-state index contributed by atoms with van der Waals surface area (Å²) < 4.78 is 37.7. The van der Waals surface area contributed by atoms with Gasteiger partial charge in [-0.3, -0.25) is 0 Å². The fourth-order valence-electron chi connectivity index (χ4n) is 1.94. The van der Waals surface area contributed by atoms with Crippen LogP contribution in [0.5, 0.6) is 0 Å². The van der Waals surface area contributed by atoms with E-state index in [0.717, 1.165) is 12.1 Å². The minimum absolute atomic E-state index is 0.107. The molecule has 1 aromatic heterocycles. The zero-order valence-corrected chi connectivity index (χ0v) is 13.5. The number of hydrogen-bond donors (Lipinski definition) is 3. The molecule has 0 fully saturated rings. The predicted octanol–water partition coefficient (Wildman–Crippen LogP) is 2.88. The first-order valence-corrected chi connectivity index (χ1v) is 7.88. The zero-order chi connectivity index (χ0) is 18.4. The van der Waals surface area contributed by atoms with E-state index in [1.165, 1.54) is 23.5 Å². The topological polar surface area (TPSA) is 82.5 Å². The van der Waals surface area contributed by atoms with E-state index in [-0.39, 0.29) is 13.0 Å². The van der Waals surface area contributed by atoms with Crippen LogP contribution in [-0.4, -0.2) is 27.3 Å². The number of rotatable bonds is 4. The van der Waals surface area contributed by atoms with Crippen LogP contribution in [0.25, 0.3) is 0 Å². The first kappa shape index (κ1) is 18.8. The molecule has 25 heavy (non-hydrogen) atoms. The van der Waals surface area contributed by atoms with Gasteiger partial charge in [-0.2, -0.15) is 13.2 Å². The van der Waals surface area contributed by atoms with Gasteiger partial charge in [0.1, 0.15) is 0 Å². The standard InChI is InChI=1S/C16H13F3N2O3S/c17-16(18,19)11-3-1-10(2-4-11)7-12(21-15(23)24)5-6-14-20-13(8-22)9-25-14/h1-4,9,12,21-22H,7-8H2,(H,23,24). The van der Waals surface area contributed by atoms with E-state index in [9.17, 15) is 18.0 Å². The number of nitrogens with zero attached hydrogens (tertiary/aromatic N) is 1. The third-order valence-electron chi connectivity index (χ3n) is 3.09. The minimum atomic E-state index is -4.42. The Bertz CT molecular complexity index is 791. The molecule has 0 saturated heterocycles. The minimum Gasteiger partial charge on any atom is -0.465 e. The fraction of sp³-hybridized carbons (Fsp3) is 0.250. The van der Waals surface area contributed by atoms with Crippen molar-refractivity contribution in [3.63, 3.8) is 0 Å². The quantitative estimate of drug-likeness (QED) is 0.723. The first-order valence-electron chi connectivity index (χ1n) is 7.00. The molecule has 0 aliphatic heterocycles. The number of nitrogens with one attached hydrogen (secondary N) is 1. The average molecular weight is 370 g/mol. The lowest BCUT2D eigenvalue weighted by Crippen LogP contribution is -2.34. The van der Waals surface area contributed by atoms with E-state index < -0.39 is 23.9 Å². The van der Waals surface area contributed by atoms with Crippen molar-refractivity contribution >= 4 is 17.4 Å². The summed E-state index contributed by atoms with van der Waals surface area (Å²) in [6.45, 7) is -0.222. The maximum absolute atomic E-state index is 12.6. The van der Waals surface area contributed by atoms with E-state index in [2.05, 4.69) is 22.1 Å². The lowest BCUT2D eigenvalue weighted by atomic mass is 10.0. The molecule has 0 saturated carbocycles. The van der Waals surface area contributed by atoms with E-state index in [4.69, 9.17) is 10.2 Å². The highest BCUT2D eigenvalue weighted by molar-refractivity contribution is 7.10. The second-order valence-corrected chi connectivity index (χ2v) is 5.83. The Labute approximate surface area is 145 Å². The molecule has 132 valence electrons. The number of alkyl halides is 3. The number of carboxylic acid groups (broad SMARTS) is 1. The van der Waals surface area contributed by atoms with Gasteiger partial charge in [0.05, 0.1) is 23.9 Å². The summed E-state index contributed by atoms with van der Waals surface area (Å²) in [5.74, 6) is 5.40. The molecule has 1 unspecified atom stereocenters. The molecule has 0 aliphatic carbocycles. The highest BCUT2D eigenvalue weighted by Gasteiger charge is 2.30. The predicted molar refractivity (Wildman–Crippen MR) is 85.0 cm³/mol. The third kappa shape index (κ3) is 5.77. The number of aliphatic hydroxyl groups excluding tert-OH is 1. The van der Waals surface area contributed by atoms with Gasteiger partial charge in [0.2, 0.25) is 0 Å². The van der Waals surface area contributed by atoms with Crippen LogP contribution in [-0.2, 0) is 19.2 Å². The molecule has 2 rings (SSSR count). The Kier molecular flexibility index (Phi) is 6.01. The normalized spacial score (nSPS) is 12.2. The summed E-state index contributed by atoms with van der Waals surface area (Å²) in [4.78, 5) is 14.9. The third-order valence-corrected chi connectivity index (χ3v) is 3.89. The molecule has 0 bridgehead atoms. The second kappa shape index (κ2) is 8.00. The van der Waals surface area contributed by atoms with Gasteiger partial charge in [0, 0.05) is 11.8 Å². The molecule has 1 heterocycles. The van der Waals surface area contributed by atoms with Gasteiger partial charge < -0.3 is 15.5 Å². The van der Waals surface area contributed by atoms with Crippen LogP contribution < -0.4 is 5.32 Å². The number of aromatic nitrogens is 1. The lowest BCUT2D eigenvalue weighted by Gasteiger charge is -2.12. The maximum atomic E-state index is 12.6. The molecule has 3 N–H and O–H groups in total. The highest BCUT2D eigenvalue weighted by Crippen LogP contribution is 2.29. The van der Waals surface area contributed by atoms with Crippen LogP contribution >= 0.6 is 11.3 Å². The summed E-state index contributed by atoms with van der Waals surface area (Å²) >= 11 is 1.20. The molecule has 9 heteroatoms. The highest BCUT2D eigenvalue weighted by atomic mass is 32.1. The fourth-order valence-corrected chi connectivity index (χ4v) is 2.60. The Balaban J connectivity index is 2.14. The van der Waals surface area contributed by atoms with Crippen LogP contribution in [0.1, 0.15) is 21.8 Å². The van der Waals surface area contributed by atoms with E-state index in [0.29, 0.717) is 16.3 Å². The molecular formula is C16H13F3N2O3S. The summed E-state index contributed by atoms with van der Waals surface area (Å²) in [6, 6.07) is 3.64. The molecule has 0 spiro atoms.